The summed E-state index contributed by atoms with van der Waals surface area (Å²) in [5.74, 6) is 1.41. The molecule has 5 heteroatoms. The molecule has 2 rings (SSSR count). The van der Waals surface area contributed by atoms with E-state index >= 15 is 0 Å². The second-order valence-electron chi connectivity index (χ2n) is 5.59. The number of ketones is 1. The van der Waals surface area contributed by atoms with Gasteiger partial charge in [0.1, 0.15) is 22.8 Å². The van der Waals surface area contributed by atoms with Gasteiger partial charge in [0, 0.05) is 11.1 Å². The lowest BCUT2D eigenvalue weighted by atomic mass is 9.98. The van der Waals surface area contributed by atoms with Gasteiger partial charge in [0.15, 0.2) is 5.78 Å². The number of hydrogen-bond acceptors (Lipinski definition) is 4. The molecule has 0 aromatic heterocycles. The second-order valence-corrected chi connectivity index (χ2v) is 6.26. The minimum atomic E-state index is -0.183. The van der Waals surface area contributed by atoms with Crippen molar-refractivity contribution in [1.82, 2.24) is 0 Å². The summed E-state index contributed by atoms with van der Waals surface area (Å²) in [6.45, 7) is 3.73. The highest BCUT2D eigenvalue weighted by atomic mass is 31.0. The summed E-state index contributed by atoms with van der Waals surface area (Å²) < 4.78 is 16.4. The van der Waals surface area contributed by atoms with E-state index in [-0.39, 0.29) is 5.78 Å². The van der Waals surface area contributed by atoms with Gasteiger partial charge in [0.25, 0.3) is 0 Å². The molecule has 0 aliphatic carbocycles. The molecule has 132 valence electrons. The lowest BCUT2D eigenvalue weighted by molar-refractivity contribution is 0.104. The first-order valence-electron chi connectivity index (χ1n) is 7.81. The Kier molecular flexibility index (Phi) is 6.22. The molecule has 0 aliphatic heterocycles. The van der Waals surface area contributed by atoms with Crippen LogP contribution in [0.15, 0.2) is 30.3 Å². The minimum absolute atomic E-state index is 0.183. The van der Waals surface area contributed by atoms with Crippen molar-refractivity contribution in [1.29, 1.82) is 0 Å². The summed E-state index contributed by atoms with van der Waals surface area (Å²) in [5, 5.41) is 1.09. The van der Waals surface area contributed by atoms with Crippen molar-refractivity contribution < 1.29 is 19.0 Å². The van der Waals surface area contributed by atoms with Gasteiger partial charge in [0.05, 0.1) is 21.3 Å². The summed E-state index contributed by atoms with van der Waals surface area (Å²) in [5.41, 5.74) is 2.89. The SMILES string of the molecule is COc1c(C)c(OC)c(C(=O)/C=C/c2ccc(P)cc2)c(OC)c1C. The molecule has 1 atom stereocenters. The lowest BCUT2D eigenvalue weighted by Crippen LogP contribution is -2.08. The number of methoxy groups -OCH3 is 3. The van der Waals surface area contributed by atoms with Crippen LogP contribution < -0.4 is 19.5 Å². The third-order valence-corrected chi connectivity index (χ3v) is 4.42. The first-order chi connectivity index (χ1) is 11.9. The fourth-order valence-electron chi connectivity index (χ4n) is 2.87. The van der Waals surface area contributed by atoms with Crippen molar-refractivity contribution in [2.24, 2.45) is 0 Å². The normalized spacial score (nSPS) is 10.8. The van der Waals surface area contributed by atoms with Gasteiger partial charge in [-0.15, -0.1) is 9.24 Å². The molecule has 0 amide bonds. The average Bonchev–Trinajstić information content (AvgIpc) is 2.61. The van der Waals surface area contributed by atoms with Crippen LogP contribution in [0.2, 0.25) is 0 Å². The Hall–Kier alpha value is -2.32. The predicted molar refractivity (Wildman–Crippen MR) is 105 cm³/mol. The largest absolute Gasteiger partial charge is 0.496 e. The van der Waals surface area contributed by atoms with Crippen LogP contribution in [0.1, 0.15) is 27.0 Å². The topological polar surface area (TPSA) is 44.8 Å². The van der Waals surface area contributed by atoms with Gasteiger partial charge in [-0.05, 0) is 30.8 Å². The number of ether oxygens (including phenoxy) is 3. The Labute approximate surface area is 151 Å². The zero-order valence-corrected chi connectivity index (χ0v) is 16.3. The van der Waals surface area contributed by atoms with E-state index in [9.17, 15) is 4.79 Å². The van der Waals surface area contributed by atoms with E-state index in [0.29, 0.717) is 22.8 Å². The molecular weight excluding hydrogens is 335 g/mol. The quantitative estimate of drug-likeness (QED) is 0.448. The molecule has 0 radical (unpaired) electrons. The summed E-state index contributed by atoms with van der Waals surface area (Å²) in [7, 11) is 7.29. The predicted octanol–water partition coefficient (Wildman–Crippen LogP) is 3.73. The standard InChI is InChI=1S/C20H23O4P/c1-12-18(22-3)13(2)20(24-5)17(19(12)23-4)16(21)11-8-14-6-9-15(25)10-7-14/h6-11H,25H2,1-5H3/b11-8+. The molecule has 2 aromatic rings. The van der Waals surface area contributed by atoms with E-state index < -0.39 is 0 Å². The molecule has 0 fully saturated rings. The number of rotatable bonds is 6. The Morgan fingerprint density at radius 3 is 1.80 bits per heavy atom. The highest BCUT2D eigenvalue weighted by Crippen LogP contribution is 2.43. The van der Waals surface area contributed by atoms with Crippen LogP contribution in [0.3, 0.4) is 0 Å². The molecule has 0 heterocycles. The van der Waals surface area contributed by atoms with Gasteiger partial charge in [-0.3, -0.25) is 4.79 Å². The molecular formula is C20H23O4P. The molecule has 0 saturated carbocycles. The summed E-state index contributed by atoms with van der Waals surface area (Å²) in [6.07, 6.45) is 3.31. The number of carbonyl (C=O) groups excluding carboxylic acids is 1. The average molecular weight is 358 g/mol. The van der Waals surface area contributed by atoms with Gasteiger partial charge in [0.2, 0.25) is 0 Å². The summed E-state index contributed by atoms with van der Waals surface area (Å²) >= 11 is 0. The van der Waals surface area contributed by atoms with Crippen LogP contribution in [0, 0.1) is 13.8 Å². The highest BCUT2D eigenvalue weighted by molar-refractivity contribution is 7.27. The minimum Gasteiger partial charge on any atom is -0.496 e. The third-order valence-electron chi connectivity index (χ3n) is 4.04. The van der Waals surface area contributed by atoms with E-state index in [1.54, 1.807) is 13.2 Å². The van der Waals surface area contributed by atoms with Gasteiger partial charge in [-0.25, -0.2) is 0 Å². The van der Waals surface area contributed by atoms with Crippen molar-refractivity contribution in [3.05, 3.63) is 52.6 Å². The van der Waals surface area contributed by atoms with E-state index in [2.05, 4.69) is 9.24 Å². The van der Waals surface area contributed by atoms with Crippen LogP contribution in [-0.2, 0) is 0 Å². The van der Waals surface area contributed by atoms with Gasteiger partial charge in [-0.1, -0.05) is 30.3 Å². The monoisotopic (exact) mass is 358 g/mol. The van der Waals surface area contributed by atoms with E-state index in [4.69, 9.17) is 14.2 Å². The zero-order valence-electron chi connectivity index (χ0n) is 15.2. The van der Waals surface area contributed by atoms with Crippen molar-refractivity contribution in [3.8, 4) is 17.2 Å². The Morgan fingerprint density at radius 2 is 1.36 bits per heavy atom. The summed E-state index contributed by atoms with van der Waals surface area (Å²) in [6, 6.07) is 7.84. The second kappa shape index (κ2) is 8.17. The maximum Gasteiger partial charge on any atom is 0.193 e. The van der Waals surface area contributed by atoms with Crippen molar-refractivity contribution in [3.63, 3.8) is 0 Å². The Bertz CT molecular complexity index is 776. The van der Waals surface area contributed by atoms with Crippen molar-refractivity contribution in [2.45, 2.75) is 13.8 Å². The smallest absolute Gasteiger partial charge is 0.193 e. The zero-order chi connectivity index (χ0) is 18.6. The van der Waals surface area contributed by atoms with Crippen LogP contribution in [0.4, 0.5) is 0 Å². The third kappa shape index (κ3) is 3.85. The number of hydrogen-bond donors (Lipinski definition) is 0. The van der Waals surface area contributed by atoms with Gasteiger partial charge < -0.3 is 14.2 Å². The fourth-order valence-corrected chi connectivity index (χ4v) is 3.06. The molecule has 0 N–H and O–H groups in total. The van der Waals surface area contributed by atoms with Gasteiger partial charge >= 0.3 is 0 Å². The maximum atomic E-state index is 12.9. The molecule has 25 heavy (non-hydrogen) atoms. The van der Waals surface area contributed by atoms with E-state index in [1.807, 2.05) is 38.1 Å². The van der Waals surface area contributed by atoms with Crippen LogP contribution in [-0.4, -0.2) is 27.1 Å². The maximum absolute atomic E-state index is 12.9. The molecule has 0 spiro atoms. The van der Waals surface area contributed by atoms with E-state index in [1.165, 1.54) is 20.3 Å². The van der Waals surface area contributed by atoms with Crippen molar-refractivity contribution >= 4 is 26.4 Å². The van der Waals surface area contributed by atoms with Crippen LogP contribution >= 0.6 is 9.24 Å². The number of benzene rings is 2. The Balaban J connectivity index is 2.53. The lowest BCUT2D eigenvalue weighted by Gasteiger charge is -2.19. The van der Waals surface area contributed by atoms with E-state index in [0.717, 1.165) is 22.0 Å². The fraction of sp³-hybridized carbons (Fsp3) is 0.250. The first-order valence-corrected chi connectivity index (χ1v) is 8.39. The molecule has 1 unspecified atom stereocenters. The van der Waals surface area contributed by atoms with Crippen molar-refractivity contribution in [2.75, 3.05) is 21.3 Å². The van der Waals surface area contributed by atoms with Crippen LogP contribution in [0.5, 0.6) is 17.2 Å². The molecule has 4 nitrogen and oxygen atoms in total. The first kappa shape index (κ1) is 19.0. The molecule has 0 saturated heterocycles. The van der Waals surface area contributed by atoms with Gasteiger partial charge in [-0.2, -0.15) is 0 Å². The molecule has 0 aliphatic rings. The number of allylic oxidation sites excluding steroid dienone is 1. The Morgan fingerprint density at radius 1 is 0.880 bits per heavy atom. The highest BCUT2D eigenvalue weighted by Gasteiger charge is 2.25. The van der Waals surface area contributed by atoms with Crippen LogP contribution in [0.25, 0.3) is 6.08 Å². The summed E-state index contributed by atoms with van der Waals surface area (Å²) in [4.78, 5) is 12.9. The molecule has 2 aromatic carbocycles. The number of carbonyl (C=O) groups is 1. The molecule has 0 bridgehead atoms.